The topological polar surface area (TPSA) is 39.9 Å². The summed E-state index contributed by atoms with van der Waals surface area (Å²) in [5.41, 5.74) is 4.12. The molecule has 0 saturated heterocycles. The van der Waals surface area contributed by atoms with E-state index in [0.29, 0.717) is 0 Å². The van der Waals surface area contributed by atoms with Gasteiger partial charge in [0.25, 0.3) is 0 Å². The Bertz CT molecular complexity index is 961. The van der Waals surface area contributed by atoms with Gasteiger partial charge in [-0.15, -0.1) is 0 Å². The van der Waals surface area contributed by atoms with Gasteiger partial charge < -0.3 is 4.74 Å². The molecule has 2 heterocycles. The van der Waals surface area contributed by atoms with Crippen molar-refractivity contribution < 1.29 is 4.74 Å². The Kier molecular flexibility index (Phi) is 3.27. The van der Waals surface area contributed by atoms with Crippen LogP contribution in [0.2, 0.25) is 0 Å². The number of aromatic nitrogens is 3. The van der Waals surface area contributed by atoms with E-state index in [4.69, 9.17) is 4.74 Å². The van der Waals surface area contributed by atoms with Crippen molar-refractivity contribution in [2.75, 3.05) is 7.11 Å². The number of para-hydroxylation sites is 1. The van der Waals surface area contributed by atoms with Crippen molar-refractivity contribution in [1.29, 1.82) is 0 Å². The molecule has 0 aliphatic heterocycles. The third kappa shape index (κ3) is 2.44. The smallest absolute Gasteiger partial charge is 0.121 e. The minimum atomic E-state index is 0.808. The molecule has 0 aliphatic rings. The quantitative estimate of drug-likeness (QED) is 0.572. The molecule has 2 aromatic heterocycles. The highest BCUT2D eigenvalue weighted by Crippen LogP contribution is 2.29. The Balaban J connectivity index is 1.82. The highest BCUT2D eigenvalue weighted by atomic mass is 16.5. The second-order valence-electron chi connectivity index (χ2n) is 5.25. The average molecular weight is 301 g/mol. The largest absolute Gasteiger partial charge is 0.497 e. The molecular formula is C19H15N3O. The summed E-state index contributed by atoms with van der Waals surface area (Å²) in [6.07, 6.45) is 5.73. The van der Waals surface area contributed by atoms with Gasteiger partial charge in [0.05, 0.1) is 24.5 Å². The minimum Gasteiger partial charge on any atom is -0.497 e. The molecule has 0 amide bonds. The Morgan fingerprint density at radius 1 is 1.00 bits per heavy atom. The van der Waals surface area contributed by atoms with Crippen molar-refractivity contribution >= 4 is 10.9 Å². The molecule has 4 rings (SSSR count). The molecule has 0 N–H and O–H groups in total. The molecule has 0 atom stereocenters. The lowest BCUT2D eigenvalue weighted by atomic mass is 10.0. The summed E-state index contributed by atoms with van der Waals surface area (Å²) in [4.78, 5) is 4.43. The first kappa shape index (κ1) is 13.5. The van der Waals surface area contributed by atoms with E-state index in [1.54, 1.807) is 7.11 Å². The summed E-state index contributed by atoms with van der Waals surface area (Å²) in [5.74, 6) is 0.808. The number of ether oxygens (including phenoxy) is 1. The van der Waals surface area contributed by atoms with E-state index in [-0.39, 0.29) is 0 Å². The van der Waals surface area contributed by atoms with Crippen LogP contribution in [0.4, 0.5) is 0 Å². The number of benzene rings is 2. The minimum absolute atomic E-state index is 0.808. The lowest BCUT2D eigenvalue weighted by Crippen LogP contribution is -1.92. The average Bonchev–Trinajstić information content (AvgIpc) is 3.11. The van der Waals surface area contributed by atoms with Crippen molar-refractivity contribution in [2.45, 2.75) is 0 Å². The molecule has 0 radical (unpaired) electrons. The van der Waals surface area contributed by atoms with Crippen LogP contribution in [0.1, 0.15) is 0 Å². The van der Waals surface area contributed by atoms with Crippen LogP contribution in [-0.4, -0.2) is 21.9 Å². The first-order chi connectivity index (χ1) is 11.3. The SMILES string of the molecule is COc1ccc2c(-c3cnn(-c4ccccc4)c3)ccnc2c1. The van der Waals surface area contributed by atoms with E-state index in [0.717, 1.165) is 33.5 Å². The number of methoxy groups -OCH3 is 1. The molecule has 112 valence electrons. The Hall–Kier alpha value is -3.14. The Morgan fingerprint density at radius 2 is 1.87 bits per heavy atom. The monoisotopic (exact) mass is 301 g/mol. The van der Waals surface area contributed by atoms with E-state index in [2.05, 4.69) is 10.1 Å². The summed E-state index contributed by atoms with van der Waals surface area (Å²) in [5, 5.41) is 5.56. The maximum atomic E-state index is 5.27. The van der Waals surface area contributed by atoms with Crippen LogP contribution in [0.25, 0.3) is 27.7 Å². The van der Waals surface area contributed by atoms with Crippen LogP contribution in [0.3, 0.4) is 0 Å². The summed E-state index contributed by atoms with van der Waals surface area (Å²) >= 11 is 0. The number of rotatable bonds is 3. The van der Waals surface area contributed by atoms with Crippen molar-refractivity contribution in [2.24, 2.45) is 0 Å². The van der Waals surface area contributed by atoms with E-state index in [1.807, 2.05) is 77.9 Å². The first-order valence-corrected chi connectivity index (χ1v) is 7.38. The fraction of sp³-hybridized carbons (Fsp3) is 0.0526. The zero-order valence-corrected chi connectivity index (χ0v) is 12.7. The third-order valence-electron chi connectivity index (χ3n) is 3.86. The molecular weight excluding hydrogens is 286 g/mol. The second-order valence-corrected chi connectivity index (χ2v) is 5.25. The second kappa shape index (κ2) is 5.57. The van der Waals surface area contributed by atoms with Gasteiger partial charge in [0, 0.05) is 29.4 Å². The number of hydrogen-bond donors (Lipinski definition) is 0. The summed E-state index contributed by atoms with van der Waals surface area (Å²) in [7, 11) is 1.66. The van der Waals surface area contributed by atoms with Crippen LogP contribution in [0.15, 0.2) is 73.2 Å². The number of nitrogens with zero attached hydrogens (tertiary/aromatic N) is 3. The molecule has 0 unspecified atom stereocenters. The Morgan fingerprint density at radius 3 is 2.70 bits per heavy atom. The molecule has 0 spiro atoms. The van der Waals surface area contributed by atoms with Crippen molar-refractivity contribution in [1.82, 2.24) is 14.8 Å². The van der Waals surface area contributed by atoms with Crippen molar-refractivity contribution in [3.8, 4) is 22.6 Å². The third-order valence-corrected chi connectivity index (χ3v) is 3.86. The molecule has 2 aromatic carbocycles. The van der Waals surface area contributed by atoms with Gasteiger partial charge in [-0.1, -0.05) is 18.2 Å². The molecule has 4 nitrogen and oxygen atoms in total. The van der Waals surface area contributed by atoms with Crippen LogP contribution >= 0.6 is 0 Å². The van der Waals surface area contributed by atoms with E-state index in [9.17, 15) is 0 Å². The van der Waals surface area contributed by atoms with Crippen LogP contribution in [0, 0.1) is 0 Å². The van der Waals surface area contributed by atoms with Gasteiger partial charge in [-0.3, -0.25) is 4.98 Å². The standard InChI is InChI=1S/C19H15N3O/c1-23-16-7-8-18-17(9-10-20-19(18)11-16)14-12-21-22(13-14)15-5-3-2-4-6-15/h2-13H,1H3. The van der Waals surface area contributed by atoms with E-state index < -0.39 is 0 Å². The van der Waals surface area contributed by atoms with Gasteiger partial charge in [-0.25, -0.2) is 4.68 Å². The molecule has 0 fully saturated rings. The normalized spacial score (nSPS) is 10.8. The highest BCUT2D eigenvalue weighted by Gasteiger charge is 2.08. The van der Waals surface area contributed by atoms with Crippen molar-refractivity contribution in [3.05, 3.63) is 73.2 Å². The first-order valence-electron chi connectivity index (χ1n) is 7.38. The molecule has 0 bridgehead atoms. The van der Waals surface area contributed by atoms with Gasteiger partial charge >= 0.3 is 0 Å². The number of hydrogen-bond acceptors (Lipinski definition) is 3. The van der Waals surface area contributed by atoms with Crippen LogP contribution < -0.4 is 4.74 Å². The predicted octanol–water partition coefficient (Wildman–Crippen LogP) is 4.10. The zero-order valence-electron chi connectivity index (χ0n) is 12.7. The summed E-state index contributed by atoms with van der Waals surface area (Å²) < 4.78 is 7.15. The van der Waals surface area contributed by atoms with Gasteiger partial charge in [-0.05, 0) is 35.9 Å². The van der Waals surface area contributed by atoms with Crippen molar-refractivity contribution in [3.63, 3.8) is 0 Å². The lowest BCUT2D eigenvalue weighted by molar-refractivity contribution is 0.415. The predicted molar refractivity (Wildman–Crippen MR) is 90.9 cm³/mol. The maximum absolute atomic E-state index is 5.27. The van der Waals surface area contributed by atoms with Gasteiger partial charge in [0.2, 0.25) is 0 Å². The zero-order chi connectivity index (χ0) is 15.6. The number of fused-ring (bicyclic) bond motifs is 1. The molecule has 4 aromatic rings. The summed E-state index contributed by atoms with van der Waals surface area (Å²) in [6, 6.07) is 18.0. The molecule has 0 aliphatic carbocycles. The van der Waals surface area contributed by atoms with Crippen LogP contribution in [0.5, 0.6) is 5.75 Å². The van der Waals surface area contributed by atoms with Gasteiger partial charge in [0.1, 0.15) is 5.75 Å². The molecule has 4 heteroatoms. The highest BCUT2D eigenvalue weighted by molar-refractivity contribution is 5.94. The fourth-order valence-electron chi connectivity index (χ4n) is 2.69. The van der Waals surface area contributed by atoms with Crippen LogP contribution in [-0.2, 0) is 0 Å². The Labute approximate surface area is 134 Å². The lowest BCUT2D eigenvalue weighted by Gasteiger charge is -2.06. The summed E-state index contributed by atoms with van der Waals surface area (Å²) in [6.45, 7) is 0. The fourth-order valence-corrected chi connectivity index (χ4v) is 2.69. The van der Waals surface area contributed by atoms with E-state index >= 15 is 0 Å². The number of pyridine rings is 1. The molecule has 23 heavy (non-hydrogen) atoms. The maximum Gasteiger partial charge on any atom is 0.121 e. The van der Waals surface area contributed by atoms with Gasteiger partial charge in [-0.2, -0.15) is 5.10 Å². The van der Waals surface area contributed by atoms with E-state index in [1.165, 1.54) is 0 Å². The van der Waals surface area contributed by atoms with Gasteiger partial charge in [0.15, 0.2) is 0 Å². The molecule has 0 saturated carbocycles.